The molecule has 0 unspecified atom stereocenters. The first kappa shape index (κ1) is 20.7. The summed E-state index contributed by atoms with van der Waals surface area (Å²) in [5.41, 5.74) is 2.43. The minimum Gasteiger partial charge on any atom is -0.467 e. The van der Waals surface area contributed by atoms with E-state index in [0.717, 1.165) is 5.56 Å². The number of aromatic nitrogens is 2. The van der Waals surface area contributed by atoms with Crippen LogP contribution in [0.2, 0.25) is 5.02 Å². The Hall–Kier alpha value is -3.06. The Morgan fingerprint density at radius 3 is 2.69 bits per heavy atom. The first-order valence-electron chi connectivity index (χ1n) is 9.14. The summed E-state index contributed by atoms with van der Waals surface area (Å²) in [6.07, 6.45) is 1.53. The highest BCUT2D eigenvalue weighted by atomic mass is 35.5. The van der Waals surface area contributed by atoms with Gasteiger partial charge in [0.2, 0.25) is 0 Å². The topological polar surface area (TPSA) is 86.4 Å². The number of carbonyl (C=O) groups is 2. The van der Waals surface area contributed by atoms with E-state index in [1.165, 1.54) is 6.26 Å². The summed E-state index contributed by atoms with van der Waals surface area (Å²) in [4.78, 5) is 24.6. The van der Waals surface area contributed by atoms with Crippen LogP contribution >= 0.6 is 11.6 Å². The molecule has 29 heavy (non-hydrogen) atoms. The van der Waals surface area contributed by atoms with Gasteiger partial charge in [-0.05, 0) is 44.5 Å². The molecular formula is C21H22ClN3O4. The van der Waals surface area contributed by atoms with Gasteiger partial charge in [-0.15, -0.1) is 0 Å². The quantitative estimate of drug-likeness (QED) is 0.592. The largest absolute Gasteiger partial charge is 0.467 e. The monoisotopic (exact) mass is 415 g/mol. The second-order valence-corrected chi connectivity index (χ2v) is 7.08. The standard InChI is InChI=1S/C21H22ClN3O4/c1-13(18-9-6-10-28-18)23-19(26)12-29-21(27)20-14(2)24-25(15(20)3)11-16-7-4-5-8-17(16)22/h4-10,13H,11-12H2,1-3H3,(H,23,26)/t13-/m0/s1. The van der Waals surface area contributed by atoms with Gasteiger partial charge in [-0.25, -0.2) is 4.79 Å². The fraction of sp³-hybridized carbons (Fsp3) is 0.286. The number of hydrogen-bond acceptors (Lipinski definition) is 5. The molecule has 2 aromatic heterocycles. The maximum atomic E-state index is 12.5. The maximum absolute atomic E-state index is 12.5. The predicted octanol–water partition coefficient (Wildman–Crippen LogP) is 3.83. The normalized spacial score (nSPS) is 11.9. The lowest BCUT2D eigenvalue weighted by Gasteiger charge is -2.11. The third kappa shape index (κ3) is 4.86. The van der Waals surface area contributed by atoms with E-state index < -0.39 is 18.5 Å². The lowest BCUT2D eigenvalue weighted by molar-refractivity contribution is -0.125. The second-order valence-electron chi connectivity index (χ2n) is 6.68. The molecule has 1 N–H and O–H groups in total. The first-order valence-corrected chi connectivity index (χ1v) is 9.52. The molecule has 1 atom stereocenters. The first-order chi connectivity index (χ1) is 13.9. The van der Waals surface area contributed by atoms with Crippen molar-refractivity contribution in [3.8, 4) is 0 Å². The van der Waals surface area contributed by atoms with E-state index in [9.17, 15) is 9.59 Å². The number of esters is 1. The summed E-state index contributed by atoms with van der Waals surface area (Å²) in [5, 5.41) is 7.77. The van der Waals surface area contributed by atoms with Gasteiger partial charge < -0.3 is 14.5 Å². The molecule has 8 heteroatoms. The van der Waals surface area contributed by atoms with E-state index in [0.29, 0.717) is 34.3 Å². The van der Waals surface area contributed by atoms with Gasteiger partial charge in [-0.2, -0.15) is 5.10 Å². The molecule has 0 bridgehead atoms. The van der Waals surface area contributed by atoms with Crippen LogP contribution in [-0.4, -0.2) is 28.3 Å². The fourth-order valence-corrected chi connectivity index (χ4v) is 3.22. The zero-order valence-corrected chi connectivity index (χ0v) is 17.2. The van der Waals surface area contributed by atoms with Crippen molar-refractivity contribution in [1.29, 1.82) is 0 Å². The minimum absolute atomic E-state index is 0.321. The number of furan rings is 1. The van der Waals surface area contributed by atoms with Crippen molar-refractivity contribution >= 4 is 23.5 Å². The molecule has 0 saturated carbocycles. The van der Waals surface area contributed by atoms with E-state index in [1.54, 1.807) is 43.7 Å². The van der Waals surface area contributed by atoms with Crippen molar-refractivity contribution < 1.29 is 18.7 Å². The Morgan fingerprint density at radius 2 is 2.00 bits per heavy atom. The van der Waals surface area contributed by atoms with Gasteiger partial charge in [-0.1, -0.05) is 29.8 Å². The van der Waals surface area contributed by atoms with Gasteiger partial charge in [0, 0.05) is 5.02 Å². The third-order valence-corrected chi connectivity index (χ3v) is 4.91. The summed E-state index contributed by atoms with van der Waals surface area (Å²) in [6, 6.07) is 10.6. The summed E-state index contributed by atoms with van der Waals surface area (Å²) < 4.78 is 12.1. The van der Waals surface area contributed by atoms with Crippen LogP contribution < -0.4 is 5.32 Å². The van der Waals surface area contributed by atoms with E-state index in [1.807, 2.05) is 18.2 Å². The van der Waals surface area contributed by atoms with Crippen molar-refractivity contribution in [3.63, 3.8) is 0 Å². The SMILES string of the molecule is Cc1nn(Cc2ccccc2Cl)c(C)c1C(=O)OCC(=O)N[C@@H](C)c1ccco1. The van der Waals surface area contributed by atoms with Crippen LogP contribution in [0.15, 0.2) is 47.1 Å². The Labute approximate surface area is 173 Å². The van der Waals surface area contributed by atoms with Crippen LogP contribution in [0, 0.1) is 13.8 Å². The number of amides is 1. The summed E-state index contributed by atoms with van der Waals surface area (Å²) in [5.74, 6) is -0.385. The van der Waals surface area contributed by atoms with E-state index in [-0.39, 0.29) is 6.04 Å². The van der Waals surface area contributed by atoms with Crippen molar-refractivity contribution in [2.75, 3.05) is 6.61 Å². The lowest BCUT2D eigenvalue weighted by atomic mass is 10.2. The van der Waals surface area contributed by atoms with Gasteiger partial charge in [0.1, 0.15) is 11.3 Å². The molecule has 0 radical (unpaired) electrons. The number of nitrogens with one attached hydrogen (secondary N) is 1. The number of rotatable bonds is 7. The molecule has 1 amide bonds. The molecule has 3 aromatic rings. The molecule has 0 aliphatic heterocycles. The van der Waals surface area contributed by atoms with E-state index in [2.05, 4.69) is 10.4 Å². The highest BCUT2D eigenvalue weighted by Gasteiger charge is 2.22. The average Bonchev–Trinajstić information content (AvgIpc) is 3.31. The highest BCUT2D eigenvalue weighted by molar-refractivity contribution is 6.31. The number of hydrogen-bond donors (Lipinski definition) is 1. The van der Waals surface area contributed by atoms with Crippen LogP contribution in [0.4, 0.5) is 0 Å². The van der Waals surface area contributed by atoms with Gasteiger partial charge in [0.05, 0.1) is 30.2 Å². The van der Waals surface area contributed by atoms with Crippen LogP contribution in [0.1, 0.15) is 46.0 Å². The van der Waals surface area contributed by atoms with Gasteiger partial charge >= 0.3 is 5.97 Å². The second kappa shape index (κ2) is 8.96. The van der Waals surface area contributed by atoms with Crippen LogP contribution in [0.3, 0.4) is 0 Å². The number of aryl methyl sites for hydroxylation is 1. The third-order valence-electron chi connectivity index (χ3n) is 4.55. The van der Waals surface area contributed by atoms with E-state index in [4.69, 9.17) is 20.8 Å². The van der Waals surface area contributed by atoms with Crippen molar-refractivity contribution in [1.82, 2.24) is 15.1 Å². The molecule has 0 fully saturated rings. The number of halogens is 1. The molecule has 7 nitrogen and oxygen atoms in total. The Morgan fingerprint density at radius 1 is 1.24 bits per heavy atom. The smallest absolute Gasteiger partial charge is 0.342 e. The Balaban J connectivity index is 1.63. The summed E-state index contributed by atoms with van der Waals surface area (Å²) >= 11 is 6.21. The molecule has 0 spiro atoms. The van der Waals surface area contributed by atoms with Crippen molar-refractivity contribution in [2.45, 2.75) is 33.4 Å². The Bertz CT molecular complexity index is 1010. The molecule has 2 heterocycles. The molecule has 0 aliphatic rings. The highest BCUT2D eigenvalue weighted by Crippen LogP contribution is 2.20. The number of nitrogens with zero attached hydrogens (tertiary/aromatic N) is 2. The van der Waals surface area contributed by atoms with Gasteiger partial charge in [-0.3, -0.25) is 9.48 Å². The minimum atomic E-state index is -0.591. The van der Waals surface area contributed by atoms with Crippen molar-refractivity contribution in [2.24, 2.45) is 0 Å². The van der Waals surface area contributed by atoms with Crippen molar-refractivity contribution in [3.05, 3.63) is 76.0 Å². The zero-order valence-electron chi connectivity index (χ0n) is 16.4. The number of ether oxygens (including phenoxy) is 1. The van der Waals surface area contributed by atoms with Gasteiger partial charge in [0.15, 0.2) is 6.61 Å². The van der Waals surface area contributed by atoms with Gasteiger partial charge in [0.25, 0.3) is 5.91 Å². The molecule has 0 aliphatic carbocycles. The molecule has 3 rings (SSSR count). The van der Waals surface area contributed by atoms with E-state index >= 15 is 0 Å². The molecule has 152 valence electrons. The van der Waals surface area contributed by atoms with Crippen LogP contribution in [0.5, 0.6) is 0 Å². The fourth-order valence-electron chi connectivity index (χ4n) is 3.03. The Kier molecular flexibility index (Phi) is 6.39. The zero-order chi connectivity index (χ0) is 21.0. The number of benzene rings is 1. The maximum Gasteiger partial charge on any atom is 0.342 e. The summed E-state index contributed by atoms with van der Waals surface area (Å²) in [6.45, 7) is 5.34. The predicted molar refractivity (Wildman–Crippen MR) is 108 cm³/mol. The molecular weight excluding hydrogens is 394 g/mol. The van der Waals surface area contributed by atoms with Crippen LogP contribution in [-0.2, 0) is 16.1 Å². The molecule has 0 saturated heterocycles. The molecule has 1 aromatic carbocycles. The lowest BCUT2D eigenvalue weighted by Crippen LogP contribution is -2.31. The average molecular weight is 416 g/mol. The number of carbonyl (C=O) groups excluding carboxylic acids is 2. The summed E-state index contributed by atoms with van der Waals surface area (Å²) in [7, 11) is 0. The van der Waals surface area contributed by atoms with Crippen LogP contribution in [0.25, 0.3) is 0 Å².